The molecular weight excluding hydrogens is 273 g/mol. The quantitative estimate of drug-likeness (QED) is 0.752. The van der Waals surface area contributed by atoms with Crippen molar-refractivity contribution >= 4 is 29.2 Å². The molecule has 1 aromatic carbocycles. The van der Waals surface area contributed by atoms with E-state index in [1.165, 1.54) is 0 Å². The molecule has 0 heterocycles. The van der Waals surface area contributed by atoms with Crippen LogP contribution in [0.1, 0.15) is 18.9 Å². The van der Waals surface area contributed by atoms with Gasteiger partial charge in [0.1, 0.15) is 0 Å². The molecule has 3 nitrogen and oxygen atoms in total. The lowest BCUT2D eigenvalue weighted by atomic mass is 10.2. The van der Waals surface area contributed by atoms with E-state index in [0.29, 0.717) is 36.2 Å². The van der Waals surface area contributed by atoms with Gasteiger partial charge in [0.25, 0.3) is 0 Å². The summed E-state index contributed by atoms with van der Waals surface area (Å²) in [5.74, 6) is -0.179. The molecule has 0 atom stereocenters. The lowest BCUT2D eigenvalue weighted by Crippen LogP contribution is -2.22. The summed E-state index contributed by atoms with van der Waals surface area (Å²) in [5, 5.41) is 1.34. The molecule has 1 aromatic rings. The van der Waals surface area contributed by atoms with E-state index in [2.05, 4.69) is 0 Å². The summed E-state index contributed by atoms with van der Waals surface area (Å²) in [6, 6.07) is 5.37. The number of nitrogens with zero attached hydrogens (tertiary/aromatic N) is 1. The van der Waals surface area contributed by atoms with E-state index in [1.54, 1.807) is 19.1 Å². The SMILES string of the molecule is CCOC(=O)CCN(C)Cc1cc(Cl)ccc1Cl. The molecule has 18 heavy (non-hydrogen) atoms. The van der Waals surface area contributed by atoms with Gasteiger partial charge in [-0.3, -0.25) is 4.79 Å². The zero-order valence-corrected chi connectivity index (χ0v) is 12.1. The topological polar surface area (TPSA) is 29.5 Å². The van der Waals surface area contributed by atoms with Crippen LogP contribution in [0.4, 0.5) is 0 Å². The average molecular weight is 290 g/mol. The van der Waals surface area contributed by atoms with Crippen LogP contribution in [0.15, 0.2) is 18.2 Å². The van der Waals surface area contributed by atoms with Gasteiger partial charge in [0, 0.05) is 23.1 Å². The zero-order valence-electron chi connectivity index (χ0n) is 10.6. The Bertz CT molecular complexity index is 410. The van der Waals surface area contributed by atoms with Crippen molar-refractivity contribution in [3.05, 3.63) is 33.8 Å². The van der Waals surface area contributed by atoms with Gasteiger partial charge in [0.2, 0.25) is 0 Å². The number of halogens is 2. The fourth-order valence-electron chi connectivity index (χ4n) is 1.55. The molecule has 0 aliphatic rings. The second-order valence-electron chi connectivity index (χ2n) is 4.03. The molecule has 0 aliphatic carbocycles. The minimum absolute atomic E-state index is 0.179. The van der Waals surface area contributed by atoms with Gasteiger partial charge in [-0.2, -0.15) is 0 Å². The summed E-state index contributed by atoms with van der Waals surface area (Å²) in [4.78, 5) is 13.2. The van der Waals surface area contributed by atoms with Crippen LogP contribution in [0.3, 0.4) is 0 Å². The predicted molar refractivity (Wildman–Crippen MR) is 74.0 cm³/mol. The maximum atomic E-state index is 11.2. The molecule has 0 N–H and O–H groups in total. The molecule has 0 spiro atoms. The van der Waals surface area contributed by atoms with Crippen LogP contribution >= 0.6 is 23.2 Å². The van der Waals surface area contributed by atoms with Crippen molar-refractivity contribution in [1.82, 2.24) is 4.90 Å². The standard InChI is InChI=1S/C13H17Cl2NO2/c1-3-18-13(17)6-7-16(2)9-10-8-11(14)4-5-12(10)15/h4-5,8H,3,6-7,9H2,1-2H3. The summed E-state index contributed by atoms with van der Waals surface area (Å²) < 4.78 is 4.87. The molecule has 0 radical (unpaired) electrons. The second-order valence-corrected chi connectivity index (χ2v) is 4.87. The summed E-state index contributed by atoms with van der Waals surface area (Å²) in [5.41, 5.74) is 0.954. The van der Waals surface area contributed by atoms with E-state index in [0.717, 1.165) is 5.56 Å². The van der Waals surface area contributed by atoms with E-state index in [9.17, 15) is 4.79 Å². The van der Waals surface area contributed by atoms with Gasteiger partial charge in [-0.15, -0.1) is 0 Å². The van der Waals surface area contributed by atoms with Crippen molar-refractivity contribution in [1.29, 1.82) is 0 Å². The van der Waals surface area contributed by atoms with Gasteiger partial charge in [0.15, 0.2) is 0 Å². The summed E-state index contributed by atoms with van der Waals surface area (Å²) in [6.07, 6.45) is 0.378. The van der Waals surface area contributed by atoms with Crippen LogP contribution in [0.5, 0.6) is 0 Å². The Morgan fingerprint density at radius 1 is 1.39 bits per heavy atom. The molecule has 0 bridgehead atoms. The normalized spacial score (nSPS) is 10.7. The number of ether oxygens (including phenoxy) is 1. The van der Waals surface area contributed by atoms with Crippen molar-refractivity contribution in [2.75, 3.05) is 20.2 Å². The van der Waals surface area contributed by atoms with Crippen molar-refractivity contribution in [2.24, 2.45) is 0 Å². The van der Waals surface area contributed by atoms with Gasteiger partial charge in [-0.1, -0.05) is 23.2 Å². The van der Waals surface area contributed by atoms with Gasteiger partial charge >= 0.3 is 5.97 Å². The lowest BCUT2D eigenvalue weighted by Gasteiger charge is -2.17. The molecule has 0 fully saturated rings. The molecule has 0 saturated carbocycles. The summed E-state index contributed by atoms with van der Waals surface area (Å²) in [7, 11) is 1.93. The van der Waals surface area contributed by atoms with Gasteiger partial charge < -0.3 is 9.64 Å². The molecule has 5 heteroatoms. The third-order valence-electron chi connectivity index (χ3n) is 2.45. The van der Waals surface area contributed by atoms with Crippen molar-refractivity contribution in [2.45, 2.75) is 19.9 Å². The third kappa shape index (κ3) is 5.25. The molecule has 0 amide bonds. The van der Waals surface area contributed by atoms with Gasteiger partial charge in [0.05, 0.1) is 13.0 Å². The fourth-order valence-corrected chi connectivity index (χ4v) is 1.92. The minimum atomic E-state index is -0.179. The first kappa shape index (κ1) is 15.3. The number of hydrogen-bond donors (Lipinski definition) is 0. The van der Waals surface area contributed by atoms with E-state index < -0.39 is 0 Å². The van der Waals surface area contributed by atoms with E-state index >= 15 is 0 Å². The van der Waals surface area contributed by atoms with E-state index in [-0.39, 0.29) is 5.97 Å². The number of carbonyl (C=O) groups is 1. The fraction of sp³-hybridized carbons (Fsp3) is 0.462. The highest BCUT2D eigenvalue weighted by Gasteiger charge is 2.08. The highest BCUT2D eigenvalue weighted by molar-refractivity contribution is 6.33. The summed E-state index contributed by atoms with van der Waals surface area (Å²) in [6.45, 7) is 3.50. The Morgan fingerprint density at radius 3 is 2.78 bits per heavy atom. The Morgan fingerprint density at radius 2 is 2.11 bits per heavy atom. The first-order valence-corrected chi connectivity index (χ1v) is 6.56. The van der Waals surface area contributed by atoms with Crippen LogP contribution in [-0.4, -0.2) is 31.1 Å². The maximum Gasteiger partial charge on any atom is 0.307 e. The number of esters is 1. The highest BCUT2D eigenvalue weighted by atomic mass is 35.5. The van der Waals surface area contributed by atoms with Crippen LogP contribution in [0.25, 0.3) is 0 Å². The Labute approximate surface area is 118 Å². The molecule has 100 valence electrons. The number of benzene rings is 1. The largest absolute Gasteiger partial charge is 0.466 e. The zero-order chi connectivity index (χ0) is 13.5. The molecule has 0 saturated heterocycles. The maximum absolute atomic E-state index is 11.2. The number of carbonyl (C=O) groups excluding carboxylic acids is 1. The first-order chi connectivity index (χ1) is 8.52. The molecule has 0 aromatic heterocycles. The Hall–Kier alpha value is -0.770. The second kappa shape index (κ2) is 7.62. The monoisotopic (exact) mass is 289 g/mol. The summed E-state index contributed by atoms with van der Waals surface area (Å²) >= 11 is 12.0. The van der Waals surface area contributed by atoms with Crippen LogP contribution in [0, 0.1) is 0 Å². The molecule has 0 aliphatic heterocycles. The van der Waals surface area contributed by atoms with Gasteiger partial charge in [-0.05, 0) is 37.7 Å². The van der Waals surface area contributed by atoms with E-state index in [4.69, 9.17) is 27.9 Å². The molecule has 1 rings (SSSR count). The van der Waals surface area contributed by atoms with Crippen LogP contribution in [0.2, 0.25) is 10.0 Å². The highest BCUT2D eigenvalue weighted by Crippen LogP contribution is 2.21. The van der Waals surface area contributed by atoms with Crippen molar-refractivity contribution in [3.63, 3.8) is 0 Å². The minimum Gasteiger partial charge on any atom is -0.466 e. The Kier molecular flexibility index (Phi) is 6.47. The Balaban J connectivity index is 2.46. The number of rotatable bonds is 6. The first-order valence-electron chi connectivity index (χ1n) is 5.81. The molecular formula is C13H17Cl2NO2. The third-order valence-corrected chi connectivity index (χ3v) is 3.05. The smallest absolute Gasteiger partial charge is 0.307 e. The van der Waals surface area contributed by atoms with Gasteiger partial charge in [-0.25, -0.2) is 0 Å². The number of hydrogen-bond acceptors (Lipinski definition) is 3. The molecule has 0 unspecified atom stereocenters. The van der Waals surface area contributed by atoms with Crippen molar-refractivity contribution in [3.8, 4) is 0 Å². The van der Waals surface area contributed by atoms with Crippen LogP contribution < -0.4 is 0 Å². The predicted octanol–water partition coefficient (Wildman–Crippen LogP) is 3.38. The average Bonchev–Trinajstić information content (AvgIpc) is 2.32. The van der Waals surface area contributed by atoms with Crippen molar-refractivity contribution < 1.29 is 9.53 Å². The lowest BCUT2D eigenvalue weighted by molar-refractivity contribution is -0.143. The van der Waals surface area contributed by atoms with Crippen LogP contribution in [-0.2, 0) is 16.1 Å². The van der Waals surface area contributed by atoms with E-state index in [1.807, 2.05) is 18.0 Å².